The average molecular weight is 339 g/mol. The smallest absolute Gasteiger partial charge is 0.326 e. The highest BCUT2D eigenvalue weighted by molar-refractivity contribution is 7.94. The second-order valence-corrected chi connectivity index (χ2v) is 6.80. The monoisotopic (exact) mass is 339 g/mol. The maximum Gasteiger partial charge on any atom is 0.326 e. The lowest BCUT2D eigenvalue weighted by Gasteiger charge is -2.19. The Morgan fingerprint density at radius 2 is 2.09 bits per heavy atom. The predicted molar refractivity (Wildman–Crippen MR) is 82.1 cm³/mol. The SMILES string of the molecule is CN1c2ccc(F)cc2N(CCNC(=O)c2ccco2)S1(=O)=O. The van der Waals surface area contributed by atoms with Gasteiger partial charge in [-0.1, -0.05) is 0 Å². The second-order valence-electron chi connectivity index (χ2n) is 4.91. The molecule has 0 radical (unpaired) electrons. The minimum Gasteiger partial charge on any atom is -0.459 e. The molecule has 3 rings (SSSR count). The number of amides is 1. The third-order valence-electron chi connectivity index (χ3n) is 3.52. The molecule has 1 N–H and O–H groups in total. The minimum atomic E-state index is -3.77. The topological polar surface area (TPSA) is 82.9 Å². The molecule has 1 aromatic heterocycles. The molecule has 1 aromatic carbocycles. The molecule has 0 fully saturated rings. The van der Waals surface area contributed by atoms with E-state index in [2.05, 4.69) is 5.32 Å². The largest absolute Gasteiger partial charge is 0.459 e. The third-order valence-corrected chi connectivity index (χ3v) is 5.34. The lowest BCUT2D eigenvalue weighted by atomic mass is 10.2. The first-order valence-electron chi connectivity index (χ1n) is 6.79. The molecular weight excluding hydrogens is 325 g/mol. The highest BCUT2D eigenvalue weighted by Gasteiger charge is 2.37. The molecule has 1 aliphatic rings. The van der Waals surface area contributed by atoms with Crippen molar-refractivity contribution < 1.29 is 22.0 Å². The van der Waals surface area contributed by atoms with E-state index in [1.165, 1.54) is 31.5 Å². The second kappa shape index (κ2) is 5.58. The number of carbonyl (C=O) groups is 1. The molecule has 0 atom stereocenters. The first-order chi connectivity index (χ1) is 10.9. The quantitative estimate of drug-likeness (QED) is 0.911. The molecule has 0 unspecified atom stereocenters. The Hall–Kier alpha value is -2.55. The molecule has 2 heterocycles. The van der Waals surface area contributed by atoms with Crippen LogP contribution in [0.5, 0.6) is 0 Å². The summed E-state index contributed by atoms with van der Waals surface area (Å²) in [5, 5.41) is 2.56. The van der Waals surface area contributed by atoms with Crippen molar-refractivity contribution in [2.24, 2.45) is 0 Å². The van der Waals surface area contributed by atoms with E-state index in [1.807, 2.05) is 0 Å². The van der Waals surface area contributed by atoms with Crippen LogP contribution in [0.3, 0.4) is 0 Å². The van der Waals surface area contributed by atoms with Crippen molar-refractivity contribution in [3.63, 3.8) is 0 Å². The van der Waals surface area contributed by atoms with Gasteiger partial charge in [0.2, 0.25) is 0 Å². The number of hydrogen-bond acceptors (Lipinski definition) is 4. The summed E-state index contributed by atoms with van der Waals surface area (Å²) in [6.45, 7) is 0.0398. The van der Waals surface area contributed by atoms with Crippen molar-refractivity contribution in [3.05, 3.63) is 48.2 Å². The van der Waals surface area contributed by atoms with Gasteiger partial charge < -0.3 is 9.73 Å². The summed E-state index contributed by atoms with van der Waals surface area (Å²) in [6, 6.07) is 6.84. The molecule has 1 aliphatic heterocycles. The van der Waals surface area contributed by atoms with Crippen LogP contribution in [-0.4, -0.2) is 34.5 Å². The first-order valence-corrected chi connectivity index (χ1v) is 8.19. The van der Waals surface area contributed by atoms with Gasteiger partial charge in [0.05, 0.1) is 24.2 Å². The summed E-state index contributed by atoms with van der Waals surface area (Å²) in [5.74, 6) is -0.837. The Labute approximate surface area is 132 Å². The van der Waals surface area contributed by atoms with Crippen LogP contribution in [0.2, 0.25) is 0 Å². The molecule has 0 spiro atoms. The molecule has 0 saturated heterocycles. The van der Waals surface area contributed by atoms with Gasteiger partial charge >= 0.3 is 10.2 Å². The average Bonchev–Trinajstić information content (AvgIpc) is 3.09. The maximum atomic E-state index is 13.4. The molecule has 0 bridgehead atoms. The van der Waals surface area contributed by atoms with Gasteiger partial charge in [-0.15, -0.1) is 0 Å². The summed E-state index contributed by atoms with van der Waals surface area (Å²) in [5.41, 5.74) is 0.642. The number of rotatable bonds is 4. The van der Waals surface area contributed by atoms with Gasteiger partial charge in [-0.3, -0.25) is 9.10 Å². The number of carbonyl (C=O) groups excluding carboxylic acids is 1. The Kier molecular flexibility index (Phi) is 3.72. The summed E-state index contributed by atoms with van der Waals surface area (Å²) in [7, 11) is -2.37. The Bertz CT molecular complexity index is 836. The number of anilines is 2. The van der Waals surface area contributed by atoms with Crippen molar-refractivity contribution in [1.82, 2.24) is 5.32 Å². The summed E-state index contributed by atoms with van der Waals surface area (Å²) in [6.07, 6.45) is 1.37. The van der Waals surface area contributed by atoms with Gasteiger partial charge in [0.1, 0.15) is 5.82 Å². The highest BCUT2D eigenvalue weighted by Crippen LogP contribution is 2.39. The first kappa shape index (κ1) is 15.3. The van der Waals surface area contributed by atoms with Crippen molar-refractivity contribution in [2.45, 2.75) is 0 Å². The van der Waals surface area contributed by atoms with Crippen molar-refractivity contribution >= 4 is 27.5 Å². The molecule has 23 heavy (non-hydrogen) atoms. The number of benzene rings is 1. The number of fused-ring (bicyclic) bond motifs is 1. The van der Waals surface area contributed by atoms with Crippen molar-refractivity contribution in [1.29, 1.82) is 0 Å². The molecule has 0 saturated carbocycles. The zero-order valence-electron chi connectivity index (χ0n) is 12.2. The van der Waals surface area contributed by atoms with Crippen LogP contribution in [0.1, 0.15) is 10.6 Å². The molecule has 7 nitrogen and oxygen atoms in total. The maximum absolute atomic E-state index is 13.4. The standard InChI is InChI=1S/C14H14FN3O4S/c1-17-11-5-4-10(15)9-12(11)18(23(17,20)21)7-6-16-14(19)13-3-2-8-22-13/h2-5,8-9H,6-7H2,1H3,(H,16,19). The van der Waals surface area contributed by atoms with E-state index in [9.17, 15) is 17.6 Å². The van der Waals surface area contributed by atoms with E-state index < -0.39 is 21.9 Å². The van der Waals surface area contributed by atoms with Gasteiger partial charge in [0.25, 0.3) is 5.91 Å². The van der Waals surface area contributed by atoms with Crippen LogP contribution in [0.15, 0.2) is 41.0 Å². The third kappa shape index (κ3) is 2.63. The van der Waals surface area contributed by atoms with Gasteiger partial charge in [0.15, 0.2) is 5.76 Å². The van der Waals surface area contributed by atoms with E-state index in [1.54, 1.807) is 6.07 Å². The zero-order chi connectivity index (χ0) is 16.6. The normalized spacial score (nSPS) is 15.6. The van der Waals surface area contributed by atoms with Crippen LogP contribution < -0.4 is 13.9 Å². The lowest BCUT2D eigenvalue weighted by molar-refractivity contribution is 0.0927. The van der Waals surface area contributed by atoms with Crippen LogP contribution in [-0.2, 0) is 10.2 Å². The summed E-state index contributed by atoms with van der Waals surface area (Å²) < 4.78 is 45.2. The number of furan rings is 1. The van der Waals surface area contributed by atoms with E-state index in [-0.39, 0.29) is 24.5 Å². The Morgan fingerprint density at radius 3 is 2.78 bits per heavy atom. The predicted octanol–water partition coefficient (Wildman–Crippen LogP) is 1.35. The van der Waals surface area contributed by atoms with Gasteiger partial charge in [-0.05, 0) is 24.3 Å². The number of hydrogen-bond donors (Lipinski definition) is 1. The van der Waals surface area contributed by atoms with Crippen molar-refractivity contribution in [3.8, 4) is 0 Å². The zero-order valence-corrected chi connectivity index (χ0v) is 13.0. The number of nitrogens with zero attached hydrogens (tertiary/aromatic N) is 2. The fourth-order valence-electron chi connectivity index (χ4n) is 2.36. The minimum absolute atomic E-state index is 0.0183. The van der Waals surface area contributed by atoms with E-state index in [4.69, 9.17) is 4.42 Å². The Morgan fingerprint density at radius 1 is 1.30 bits per heavy atom. The summed E-state index contributed by atoms with van der Waals surface area (Å²) in [4.78, 5) is 11.8. The van der Waals surface area contributed by atoms with Gasteiger partial charge in [0, 0.05) is 19.7 Å². The molecule has 122 valence electrons. The molecule has 0 aliphatic carbocycles. The van der Waals surface area contributed by atoms with E-state index in [0.717, 1.165) is 14.7 Å². The number of halogens is 1. The van der Waals surface area contributed by atoms with Gasteiger partial charge in [-0.2, -0.15) is 8.42 Å². The lowest BCUT2D eigenvalue weighted by Crippen LogP contribution is -2.40. The van der Waals surface area contributed by atoms with Crippen LogP contribution >= 0.6 is 0 Å². The van der Waals surface area contributed by atoms with Crippen LogP contribution in [0, 0.1) is 5.82 Å². The van der Waals surface area contributed by atoms with E-state index >= 15 is 0 Å². The number of nitrogens with one attached hydrogen (secondary N) is 1. The fourth-order valence-corrected chi connectivity index (χ4v) is 3.78. The van der Waals surface area contributed by atoms with Gasteiger partial charge in [-0.25, -0.2) is 8.70 Å². The molecular formula is C14H14FN3O4S. The summed E-state index contributed by atoms with van der Waals surface area (Å²) >= 11 is 0. The molecule has 9 heteroatoms. The highest BCUT2D eigenvalue weighted by atomic mass is 32.2. The molecule has 2 aromatic rings. The molecule has 1 amide bonds. The van der Waals surface area contributed by atoms with Crippen LogP contribution in [0.4, 0.5) is 15.8 Å². The van der Waals surface area contributed by atoms with Crippen LogP contribution in [0.25, 0.3) is 0 Å². The Balaban J connectivity index is 1.75. The fraction of sp³-hybridized carbons (Fsp3) is 0.214. The van der Waals surface area contributed by atoms with E-state index in [0.29, 0.717) is 5.69 Å². The van der Waals surface area contributed by atoms with Crippen molar-refractivity contribution in [2.75, 3.05) is 28.7 Å².